The van der Waals surface area contributed by atoms with Crippen LogP contribution in [0.15, 0.2) is 42.6 Å². The van der Waals surface area contributed by atoms with Crippen LogP contribution in [0.1, 0.15) is 0 Å². The summed E-state index contributed by atoms with van der Waals surface area (Å²) in [6.45, 7) is 0. The van der Waals surface area contributed by atoms with Crippen molar-refractivity contribution in [2.24, 2.45) is 0 Å². The van der Waals surface area contributed by atoms with Gasteiger partial charge in [-0.2, -0.15) is 4.98 Å². The first-order chi connectivity index (χ1) is 11.9. The van der Waals surface area contributed by atoms with Gasteiger partial charge in [-0.25, -0.2) is 26.9 Å². The summed E-state index contributed by atoms with van der Waals surface area (Å²) in [6.07, 6.45) is 0.778. The number of hydrogen-bond acceptors (Lipinski definition) is 4. The van der Waals surface area contributed by atoms with Gasteiger partial charge in [0.2, 0.25) is 5.95 Å². The van der Waals surface area contributed by atoms with Crippen molar-refractivity contribution in [2.75, 3.05) is 10.6 Å². The van der Waals surface area contributed by atoms with Gasteiger partial charge in [0, 0.05) is 12.1 Å². The van der Waals surface area contributed by atoms with Crippen LogP contribution in [0.25, 0.3) is 0 Å². The number of anilines is 4. The van der Waals surface area contributed by atoms with Crippen molar-refractivity contribution < 1.29 is 22.0 Å². The van der Waals surface area contributed by atoms with E-state index in [0.29, 0.717) is 12.1 Å². The average molecular weight is 352 g/mol. The first kappa shape index (κ1) is 16.6. The maximum absolute atomic E-state index is 13.8. The zero-order valence-electron chi connectivity index (χ0n) is 12.3. The van der Waals surface area contributed by atoms with Gasteiger partial charge >= 0.3 is 0 Å². The fraction of sp³-hybridized carbons (Fsp3) is 0. The quantitative estimate of drug-likeness (QED) is 0.671. The lowest BCUT2D eigenvalue weighted by Crippen LogP contribution is -2.05. The van der Waals surface area contributed by atoms with Crippen molar-refractivity contribution in [1.82, 2.24) is 9.97 Å². The Morgan fingerprint density at radius 2 is 1.24 bits per heavy atom. The zero-order valence-corrected chi connectivity index (χ0v) is 12.3. The maximum atomic E-state index is 13.8. The average Bonchev–Trinajstić information content (AvgIpc) is 2.55. The van der Waals surface area contributed by atoms with E-state index >= 15 is 0 Å². The Labute approximate surface area is 138 Å². The van der Waals surface area contributed by atoms with Crippen LogP contribution in [0, 0.1) is 29.1 Å². The third-order valence-corrected chi connectivity index (χ3v) is 3.11. The predicted octanol–water partition coefficient (Wildman–Crippen LogP) is 4.66. The molecule has 0 atom stereocenters. The fourth-order valence-corrected chi connectivity index (χ4v) is 1.94. The van der Waals surface area contributed by atoms with Gasteiger partial charge in [-0.15, -0.1) is 0 Å². The minimum atomic E-state index is -0.947. The van der Waals surface area contributed by atoms with Crippen molar-refractivity contribution in [2.45, 2.75) is 0 Å². The van der Waals surface area contributed by atoms with Crippen LogP contribution in [0.2, 0.25) is 0 Å². The number of nitrogens with zero attached hydrogens (tertiary/aromatic N) is 2. The van der Waals surface area contributed by atoms with Crippen LogP contribution in [0.5, 0.6) is 0 Å². The van der Waals surface area contributed by atoms with Gasteiger partial charge in [0.05, 0.1) is 17.6 Å². The first-order valence-corrected chi connectivity index (χ1v) is 6.89. The lowest BCUT2D eigenvalue weighted by Gasteiger charge is -2.10. The highest BCUT2D eigenvalue weighted by Crippen LogP contribution is 2.24. The van der Waals surface area contributed by atoms with Gasteiger partial charge in [0.15, 0.2) is 11.6 Å². The molecular formula is C16H9F5N4. The molecule has 0 bridgehead atoms. The van der Waals surface area contributed by atoms with Crippen molar-refractivity contribution in [3.63, 3.8) is 0 Å². The number of hydrogen-bond donors (Lipinski definition) is 2. The van der Waals surface area contributed by atoms with E-state index in [1.165, 1.54) is 0 Å². The van der Waals surface area contributed by atoms with Crippen LogP contribution in [-0.4, -0.2) is 9.97 Å². The van der Waals surface area contributed by atoms with Crippen molar-refractivity contribution in [3.05, 3.63) is 71.7 Å². The molecule has 4 nitrogen and oxygen atoms in total. The molecular weight excluding hydrogens is 343 g/mol. The molecule has 25 heavy (non-hydrogen) atoms. The van der Waals surface area contributed by atoms with Crippen molar-refractivity contribution >= 4 is 23.1 Å². The fourth-order valence-electron chi connectivity index (χ4n) is 1.94. The Bertz CT molecular complexity index is 932. The molecule has 3 rings (SSSR count). The molecule has 0 radical (unpaired) electrons. The number of benzene rings is 2. The van der Waals surface area contributed by atoms with Crippen LogP contribution < -0.4 is 10.6 Å². The molecule has 0 amide bonds. The largest absolute Gasteiger partial charge is 0.335 e. The van der Waals surface area contributed by atoms with Crippen LogP contribution >= 0.6 is 0 Å². The van der Waals surface area contributed by atoms with Crippen molar-refractivity contribution in [3.8, 4) is 0 Å². The summed E-state index contributed by atoms with van der Waals surface area (Å²) in [6, 6.07) is 5.45. The molecule has 1 heterocycles. The molecule has 9 heteroatoms. The van der Waals surface area contributed by atoms with E-state index in [2.05, 4.69) is 20.6 Å². The van der Waals surface area contributed by atoms with E-state index < -0.39 is 34.9 Å². The second-order valence-corrected chi connectivity index (χ2v) is 4.89. The summed E-state index contributed by atoms with van der Waals surface area (Å²) >= 11 is 0. The number of aromatic nitrogens is 2. The Hall–Kier alpha value is -3.23. The minimum Gasteiger partial charge on any atom is -0.335 e. The summed E-state index contributed by atoms with van der Waals surface area (Å²) < 4.78 is 66.8. The molecule has 3 aromatic rings. The zero-order chi connectivity index (χ0) is 18.0. The van der Waals surface area contributed by atoms with Gasteiger partial charge in [0.25, 0.3) is 0 Å². The molecule has 0 aliphatic carbocycles. The second kappa shape index (κ2) is 6.71. The molecule has 0 aliphatic rings. The summed E-state index contributed by atoms with van der Waals surface area (Å²) in [5, 5.41) is 4.81. The van der Waals surface area contributed by atoms with E-state index in [4.69, 9.17) is 0 Å². The molecule has 0 saturated carbocycles. The molecule has 1 aromatic heterocycles. The summed E-state index contributed by atoms with van der Waals surface area (Å²) in [7, 11) is 0. The van der Waals surface area contributed by atoms with E-state index in [-0.39, 0.29) is 17.3 Å². The van der Waals surface area contributed by atoms with E-state index in [0.717, 1.165) is 30.5 Å². The topological polar surface area (TPSA) is 49.8 Å². The third-order valence-electron chi connectivity index (χ3n) is 3.11. The Morgan fingerprint density at radius 3 is 1.80 bits per heavy atom. The van der Waals surface area contributed by atoms with Crippen LogP contribution in [0.3, 0.4) is 0 Å². The third kappa shape index (κ3) is 3.82. The van der Waals surface area contributed by atoms with Gasteiger partial charge in [0.1, 0.15) is 23.3 Å². The van der Waals surface area contributed by atoms with Gasteiger partial charge in [-0.1, -0.05) is 0 Å². The highest BCUT2D eigenvalue weighted by molar-refractivity contribution is 5.60. The normalized spacial score (nSPS) is 10.6. The van der Waals surface area contributed by atoms with E-state index in [9.17, 15) is 22.0 Å². The SMILES string of the molecule is Fc1ccc(Nc2ncc(F)c(Nc3ccc(F)cc3F)n2)c(F)c1. The monoisotopic (exact) mass is 352 g/mol. The van der Waals surface area contributed by atoms with Gasteiger partial charge in [-0.3, -0.25) is 0 Å². The molecule has 128 valence electrons. The Kier molecular flexibility index (Phi) is 4.46. The molecule has 0 saturated heterocycles. The summed E-state index contributed by atoms with van der Waals surface area (Å²) in [5.74, 6) is -4.93. The van der Waals surface area contributed by atoms with Crippen molar-refractivity contribution in [1.29, 1.82) is 0 Å². The first-order valence-electron chi connectivity index (χ1n) is 6.89. The highest BCUT2D eigenvalue weighted by atomic mass is 19.1. The van der Waals surface area contributed by atoms with Gasteiger partial charge < -0.3 is 10.6 Å². The lowest BCUT2D eigenvalue weighted by atomic mass is 10.3. The molecule has 0 aliphatic heterocycles. The Morgan fingerprint density at radius 1 is 0.680 bits per heavy atom. The molecule has 0 spiro atoms. The minimum absolute atomic E-state index is 0.132. The van der Waals surface area contributed by atoms with E-state index in [1.807, 2.05) is 0 Å². The number of halogens is 5. The van der Waals surface area contributed by atoms with Crippen LogP contribution in [-0.2, 0) is 0 Å². The Balaban J connectivity index is 1.87. The highest BCUT2D eigenvalue weighted by Gasteiger charge is 2.12. The summed E-state index contributed by atoms with van der Waals surface area (Å²) in [5.41, 5.74) is -0.343. The number of rotatable bonds is 4. The van der Waals surface area contributed by atoms with Crippen LogP contribution in [0.4, 0.5) is 45.1 Å². The molecule has 0 fully saturated rings. The standard InChI is InChI=1S/C16H9F5N4/c17-8-1-3-13(10(19)5-8)23-15-12(21)7-22-16(25-15)24-14-4-2-9(18)6-11(14)20/h1-7H,(H2,22,23,24,25). The second-order valence-electron chi connectivity index (χ2n) is 4.89. The maximum Gasteiger partial charge on any atom is 0.229 e. The smallest absolute Gasteiger partial charge is 0.229 e. The molecule has 2 N–H and O–H groups in total. The summed E-state index contributed by atoms with van der Waals surface area (Å²) in [4.78, 5) is 7.39. The lowest BCUT2D eigenvalue weighted by molar-refractivity contribution is 0.585. The predicted molar refractivity (Wildman–Crippen MR) is 81.3 cm³/mol. The van der Waals surface area contributed by atoms with E-state index in [1.54, 1.807) is 0 Å². The number of nitrogens with one attached hydrogen (secondary N) is 2. The molecule has 2 aromatic carbocycles. The van der Waals surface area contributed by atoms with Gasteiger partial charge in [-0.05, 0) is 24.3 Å². The molecule has 0 unspecified atom stereocenters.